The average molecular weight is 365 g/mol. The van der Waals surface area contributed by atoms with E-state index in [1.165, 1.54) is 22.3 Å². The number of hydrogen-bond acceptors (Lipinski definition) is 4. The van der Waals surface area contributed by atoms with Crippen LogP contribution in [-0.4, -0.2) is 45.4 Å². The van der Waals surface area contributed by atoms with E-state index in [4.69, 9.17) is 14.2 Å². The van der Waals surface area contributed by atoms with E-state index in [-0.39, 0.29) is 6.04 Å². The first-order valence-electron chi connectivity index (χ1n) is 9.59. The summed E-state index contributed by atoms with van der Waals surface area (Å²) in [6, 6.07) is 15.2. The molecular formula is C23H27NO3. The summed E-state index contributed by atoms with van der Waals surface area (Å²) < 4.78 is 16.8. The van der Waals surface area contributed by atoms with Gasteiger partial charge in [-0.2, -0.15) is 0 Å². The first kappa shape index (κ1) is 18.1. The van der Waals surface area contributed by atoms with Gasteiger partial charge in [-0.3, -0.25) is 4.90 Å². The van der Waals surface area contributed by atoms with Crippen LogP contribution in [0.25, 0.3) is 0 Å². The van der Waals surface area contributed by atoms with Crippen molar-refractivity contribution < 1.29 is 14.2 Å². The lowest BCUT2D eigenvalue weighted by Gasteiger charge is -2.39. The first-order valence-corrected chi connectivity index (χ1v) is 9.59. The molecule has 27 heavy (non-hydrogen) atoms. The minimum Gasteiger partial charge on any atom is -0.493 e. The Labute approximate surface area is 161 Å². The number of ether oxygens (including phenoxy) is 3. The molecule has 0 aromatic heterocycles. The molecule has 0 amide bonds. The summed E-state index contributed by atoms with van der Waals surface area (Å²) in [6.07, 6.45) is 4.36. The highest BCUT2D eigenvalue weighted by Crippen LogP contribution is 2.41. The van der Waals surface area contributed by atoms with Crippen LogP contribution in [-0.2, 0) is 11.2 Å². The van der Waals surface area contributed by atoms with Gasteiger partial charge in [0.1, 0.15) is 0 Å². The highest BCUT2D eigenvalue weighted by Gasteiger charge is 2.30. The number of methoxy groups -OCH3 is 2. The number of benzene rings is 2. The fourth-order valence-corrected chi connectivity index (χ4v) is 4.17. The van der Waals surface area contributed by atoms with Crippen molar-refractivity contribution in [3.63, 3.8) is 0 Å². The second-order valence-corrected chi connectivity index (χ2v) is 7.14. The molecule has 0 radical (unpaired) electrons. The molecule has 0 aliphatic carbocycles. The molecular weight excluding hydrogens is 338 g/mol. The van der Waals surface area contributed by atoms with Crippen molar-refractivity contribution in [3.8, 4) is 11.5 Å². The molecule has 4 heteroatoms. The van der Waals surface area contributed by atoms with Crippen LogP contribution in [0.5, 0.6) is 11.5 Å². The lowest BCUT2D eigenvalue weighted by atomic mass is 9.87. The van der Waals surface area contributed by atoms with Gasteiger partial charge >= 0.3 is 0 Å². The van der Waals surface area contributed by atoms with Crippen LogP contribution in [0.15, 0.2) is 54.1 Å². The summed E-state index contributed by atoms with van der Waals surface area (Å²) in [6.45, 7) is 3.54. The van der Waals surface area contributed by atoms with Gasteiger partial charge in [0.2, 0.25) is 0 Å². The minimum absolute atomic E-state index is 0.206. The molecule has 4 rings (SSSR count). The summed E-state index contributed by atoms with van der Waals surface area (Å²) in [5.41, 5.74) is 5.34. The minimum atomic E-state index is 0.206. The maximum Gasteiger partial charge on any atom is 0.161 e. The Morgan fingerprint density at radius 2 is 1.85 bits per heavy atom. The van der Waals surface area contributed by atoms with Gasteiger partial charge in [0.05, 0.1) is 33.5 Å². The fraction of sp³-hybridized carbons (Fsp3) is 0.391. The summed E-state index contributed by atoms with van der Waals surface area (Å²) in [7, 11) is 3.40. The van der Waals surface area contributed by atoms with E-state index in [9.17, 15) is 0 Å². The van der Waals surface area contributed by atoms with E-state index in [1.807, 2.05) is 0 Å². The van der Waals surface area contributed by atoms with Crippen molar-refractivity contribution in [1.29, 1.82) is 0 Å². The van der Waals surface area contributed by atoms with Gasteiger partial charge in [-0.05, 0) is 47.2 Å². The zero-order valence-corrected chi connectivity index (χ0v) is 16.1. The smallest absolute Gasteiger partial charge is 0.161 e. The average Bonchev–Trinajstić information content (AvgIpc) is 2.74. The molecule has 2 aromatic rings. The Morgan fingerprint density at radius 1 is 1.07 bits per heavy atom. The van der Waals surface area contributed by atoms with Gasteiger partial charge in [0, 0.05) is 13.1 Å². The molecule has 0 saturated heterocycles. The molecule has 0 saturated carbocycles. The zero-order valence-electron chi connectivity index (χ0n) is 16.1. The van der Waals surface area contributed by atoms with Crippen molar-refractivity contribution in [3.05, 3.63) is 70.8 Å². The third-order valence-corrected chi connectivity index (χ3v) is 5.48. The van der Waals surface area contributed by atoms with E-state index in [1.54, 1.807) is 14.2 Å². The quantitative estimate of drug-likeness (QED) is 0.750. The van der Waals surface area contributed by atoms with Crippen LogP contribution in [0.4, 0.5) is 0 Å². The van der Waals surface area contributed by atoms with Gasteiger partial charge in [0.25, 0.3) is 0 Å². The lowest BCUT2D eigenvalue weighted by molar-refractivity contribution is 0.136. The van der Waals surface area contributed by atoms with Crippen LogP contribution in [0, 0.1) is 0 Å². The number of rotatable bonds is 5. The molecule has 0 spiro atoms. The summed E-state index contributed by atoms with van der Waals surface area (Å²) in [5.74, 6) is 1.60. The van der Waals surface area contributed by atoms with Crippen molar-refractivity contribution in [2.24, 2.45) is 0 Å². The molecule has 0 unspecified atom stereocenters. The Hall–Kier alpha value is -2.30. The SMILES string of the molecule is COc1cc2c(cc1OC)[C@@H](c1ccccc1)N(CC1=CCCOC1)CC2. The van der Waals surface area contributed by atoms with E-state index >= 15 is 0 Å². The Kier molecular flexibility index (Phi) is 5.46. The Morgan fingerprint density at radius 3 is 2.56 bits per heavy atom. The number of fused-ring (bicyclic) bond motifs is 1. The summed E-state index contributed by atoms with van der Waals surface area (Å²) >= 11 is 0. The maximum atomic E-state index is 5.67. The largest absolute Gasteiger partial charge is 0.493 e. The van der Waals surface area contributed by atoms with E-state index in [2.05, 4.69) is 53.4 Å². The highest BCUT2D eigenvalue weighted by molar-refractivity contribution is 5.51. The molecule has 0 N–H and O–H groups in total. The predicted molar refractivity (Wildman–Crippen MR) is 107 cm³/mol. The van der Waals surface area contributed by atoms with E-state index < -0.39 is 0 Å². The predicted octanol–water partition coefficient (Wildman–Crippen LogP) is 4.00. The van der Waals surface area contributed by atoms with E-state index in [0.29, 0.717) is 0 Å². The van der Waals surface area contributed by atoms with Crippen LogP contribution in [0.1, 0.15) is 29.2 Å². The van der Waals surface area contributed by atoms with Gasteiger partial charge in [-0.25, -0.2) is 0 Å². The second kappa shape index (κ2) is 8.15. The maximum absolute atomic E-state index is 5.67. The fourth-order valence-electron chi connectivity index (χ4n) is 4.17. The summed E-state index contributed by atoms with van der Waals surface area (Å²) in [5, 5.41) is 0. The normalized spacial score (nSPS) is 19.9. The molecule has 142 valence electrons. The van der Waals surface area contributed by atoms with Crippen molar-refractivity contribution in [2.45, 2.75) is 18.9 Å². The van der Waals surface area contributed by atoms with Gasteiger partial charge in [-0.1, -0.05) is 36.4 Å². The standard InChI is InChI=1S/C23H27NO3/c1-25-21-13-19-10-11-24(15-17-7-6-12-27-16-17)23(18-8-4-3-5-9-18)20(19)14-22(21)26-2/h3-5,7-9,13-14,23H,6,10-12,15-16H2,1-2H3/t23-/m1/s1. The molecule has 4 nitrogen and oxygen atoms in total. The van der Waals surface area contributed by atoms with Crippen LogP contribution >= 0.6 is 0 Å². The van der Waals surface area contributed by atoms with Crippen molar-refractivity contribution in [2.75, 3.05) is 40.5 Å². The van der Waals surface area contributed by atoms with Gasteiger partial charge in [0.15, 0.2) is 11.5 Å². The molecule has 2 aliphatic rings. The molecule has 0 bridgehead atoms. The molecule has 0 fully saturated rings. The van der Waals surface area contributed by atoms with E-state index in [0.717, 1.165) is 50.6 Å². The second-order valence-electron chi connectivity index (χ2n) is 7.14. The van der Waals surface area contributed by atoms with Crippen molar-refractivity contribution >= 4 is 0 Å². The molecule has 1 atom stereocenters. The molecule has 2 aliphatic heterocycles. The summed E-state index contributed by atoms with van der Waals surface area (Å²) in [4.78, 5) is 2.56. The molecule has 2 heterocycles. The highest BCUT2D eigenvalue weighted by atomic mass is 16.5. The first-order chi connectivity index (χ1) is 13.3. The van der Waals surface area contributed by atoms with Gasteiger partial charge in [-0.15, -0.1) is 0 Å². The van der Waals surface area contributed by atoms with Crippen molar-refractivity contribution in [1.82, 2.24) is 4.90 Å². The third kappa shape index (κ3) is 3.73. The molecule has 2 aromatic carbocycles. The Bertz CT molecular complexity index is 816. The lowest BCUT2D eigenvalue weighted by Crippen LogP contribution is -2.38. The monoisotopic (exact) mass is 365 g/mol. The van der Waals surface area contributed by atoms with Gasteiger partial charge < -0.3 is 14.2 Å². The van der Waals surface area contributed by atoms with Crippen LogP contribution < -0.4 is 9.47 Å². The number of hydrogen-bond donors (Lipinski definition) is 0. The van der Waals surface area contributed by atoms with Crippen LogP contribution in [0.3, 0.4) is 0 Å². The number of nitrogens with zero attached hydrogens (tertiary/aromatic N) is 1. The van der Waals surface area contributed by atoms with Crippen LogP contribution in [0.2, 0.25) is 0 Å². The third-order valence-electron chi connectivity index (χ3n) is 5.48. The zero-order chi connectivity index (χ0) is 18.6. The topological polar surface area (TPSA) is 30.9 Å². The Balaban J connectivity index is 1.75.